The monoisotopic (exact) mass is 388 g/mol. The predicted octanol–water partition coefficient (Wildman–Crippen LogP) is 2.82. The van der Waals surface area contributed by atoms with E-state index in [1.165, 1.54) is 16.4 Å². The summed E-state index contributed by atoms with van der Waals surface area (Å²) in [5.74, 6) is -0.854. The summed E-state index contributed by atoms with van der Waals surface area (Å²) < 4.78 is 40.2. The van der Waals surface area contributed by atoms with Crippen LogP contribution < -0.4 is 4.90 Å². The molecule has 4 rings (SSSR count). The van der Waals surface area contributed by atoms with E-state index in [2.05, 4.69) is 0 Å². The molecule has 0 aliphatic carbocycles. The average molecular weight is 388 g/mol. The highest BCUT2D eigenvalue weighted by molar-refractivity contribution is 7.89. The van der Waals surface area contributed by atoms with Gasteiger partial charge in [-0.3, -0.25) is 4.79 Å². The van der Waals surface area contributed by atoms with Crippen molar-refractivity contribution >= 4 is 21.6 Å². The molecule has 0 saturated carbocycles. The van der Waals surface area contributed by atoms with E-state index in [0.717, 1.165) is 29.8 Å². The minimum Gasteiger partial charge on any atom is -0.312 e. The Bertz CT molecular complexity index is 959. The molecule has 1 saturated heterocycles. The van der Waals surface area contributed by atoms with Gasteiger partial charge in [-0.2, -0.15) is 4.31 Å². The van der Waals surface area contributed by atoms with Gasteiger partial charge in [0.1, 0.15) is 5.82 Å². The minimum absolute atomic E-state index is 0.0149. The minimum atomic E-state index is -3.73. The number of benzene rings is 2. The molecule has 2 aliphatic heterocycles. The summed E-state index contributed by atoms with van der Waals surface area (Å²) in [6.45, 7) is 1.18. The van der Waals surface area contributed by atoms with Crippen LogP contribution in [0.1, 0.15) is 18.4 Å². The normalized spacial score (nSPS) is 20.5. The summed E-state index contributed by atoms with van der Waals surface area (Å²) in [6, 6.07) is 12.7. The Labute approximate surface area is 158 Å². The van der Waals surface area contributed by atoms with Crippen LogP contribution in [0.2, 0.25) is 0 Å². The molecule has 0 N–H and O–H groups in total. The zero-order chi connectivity index (χ0) is 19.0. The van der Waals surface area contributed by atoms with Gasteiger partial charge in [-0.15, -0.1) is 0 Å². The van der Waals surface area contributed by atoms with Crippen molar-refractivity contribution < 1.29 is 17.6 Å². The number of hydrogen-bond acceptors (Lipinski definition) is 3. The van der Waals surface area contributed by atoms with Crippen molar-refractivity contribution in [1.29, 1.82) is 0 Å². The maximum atomic E-state index is 13.1. The van der Waals surface area contributed by atoms with Gasteiger partial charge in [-0.05, 0) is 55.2 Å². The number of sulfonamides is 1. The summed E-state index contributed by atoms with van der Waals surface area (Å²) >= 11 is 0. The fraction of sp³-hybridized carbons (Fsp3) is 0.350. The van der Waals surface area contributed by atoms with Crippen LogP contribution in [0.25, 0.3) is 0 Å². The van der Waals surface area contributed by atoms with Gasteiger partial charge in [-0.1, -0.05) is 18.2 Å². The van der Waals surface area contributed by atoms with Gasteiger partial charge in [0.15, 0.2) is 0 Å². The lowest BCUT2D eigenvalue weighted by atomic mass is 9.98. The van der Waals surface area contributed by atoms with Crippen molar-refractivity contribution in [3.63, 3.8) is 0 Å². The summed E-state index contributed by atoms with van der Waals surface area (Å²) in [5, 5.41) is 0. The highest BCUT2D eigenvalue weighted by Crippen LogP contribution is 2.31. The number of piperidine rings is 1. The lowest BCUT2D eigenvalue weighted by Gasteiger charge is -2.33. The lowest BCUT2D eigenvalue weighted by Crippen LogP contribution is -2.46. The second kappa shape index (κ2) is 7.05. The van der Waals surface area contributed by atoms with E-state index in [0.29, 0.717) is 25.9 Å². The first-order chi connectivity index (χ1) is 13.0. The zero-order valence-electron chi connectivity index (χ0n) is 14.8. The van der Waals surface area contributed by atoms with Crippen molar-refractivity contribution in [1.82, 2.24) is 4.31 Å². The van der Waals surface area contributed by atoms with Crippen LogP contribution in [0.4, 0.5) is 10.1 Å². The highest BCUT2D eigenvalue weighted by Gasteiger charge is 2.36. The van der Waals surface area contributed by atoms with Crippen molar-refractivity contribution in [2.24, 2.45) is 5.92 Å². The molecule has 0 spiro atoms. The number of fused-ring (bicyclic) bond motifs is 1. The number of halogens is 1. The van der Waals surface area contributed by atoms with Crippen molar-refractivity contribution in [3.05, 3.63) is 59.9 Å². The third-order valence-electron chi connectivity index (χ3n) is 5.34. The van der Waals surface area contributed by atoms with Gasteiger partial charge < -0.3 is 4.90 Å². The van der Waals surface area contributed by atoms with E-state index >= 15 is 0 Å². The number of para-hydroxylation sites is 1. The smallest absolute Gasteiger partial charge is 0.243 e. The molecule has 27 heavy (non-hydrogen) atoms. The van der Waals surface area contributed by atoms with Crippen LogP contribution in [-0.4, -0.2) is 38.3 Å². The van der Waals surface area contributed by atoms with Crippen molar-refractivity contribution in [2.75, 3.05) is 24.5 Å². The number of carbonyl (C=O) groups is 1. The molecule has 7 heteroatoms. The molecule has 2 heterocycles. The van der Waals surface area contributed by atoms with Gasteiger partial charge in [-0.25, -0.2) is 12.8 Å². The van der Waals surface area contributed by atoms with E-state index < -0.39 is 15.8 Å². The average Bonchev–Trinajstić information content (AvgIpc) is 3.12. The second-order valence-corrected chi connectivity index (χ2v) is 8.96. The number of hydrogen-bond donors (Lipinski definition) is 0. The molecule has 5 nitrogen and oxygen atoms in total. The Morgan fingerprint density at radius 1 is 1.04 bits per heavy atom. The van der Waals surface area contributed by atoms with Crippen LogP contribution in [0, 0.1) is 11.7 Å². The van der Waals surface area contributed by atoms with Gasteiger partial charge >= 0.3 is 0 Å². The van der Waals surface area contributed by atoms with E-state index in [9.17, 15) is 17.6 Å². The SMILES string of the molecule is O=C([C@H]1CCCN(S(=O)(=O)c2ccc(F)cc2)C1)N1CCc2ccccc21. The second-order valence-electron chi connectivity index (χ2n) is 7.02. The maximum absolute atomic E-state index is 13.1. The number of rotatable bonds is 3. The summed E-state index contributed by atoms with van der Waals surface area (Å²) in [7, 11) is -3.73. The Balaban J connectivity index is 1.53. The third kappa shape index (κ3) is 3.37. The molecule has 0 unspecified atom stereocenters. The number of carbonyl (C=O) groups excluding carboxylic acids is 1. The molecule has 0 radical (unpaired) electrons. The van der Waals surface area contributed by atoms with Gasteiger partial charge in [0.05, 0.1) is 10.8 Å². The maximum Gasteiger partial charge on any atom is 0.243 e. The van der Waals surface area contributed by atoms with Gasteiger partial charge in [0, 0.05) is 25.3 Å². The molecule has 2 aromatic carbocycles. The summed E-state index contributed by atoms with van der Waals surface area (Å²) in [4.78, 5) is 14.9. The zero-order valence-corrected chi connectivity index (χ0v) is 15.7. The Morgan fingerprint density at radius 2 is 1.78 bits per heavy atom. The molecule has 0 bridgehead atoms. The Morgan fingerprint density at radius 3 is 2.56 bits per heavy atom. The highest BCUT2D eigenvalue weighted by atomic mass is 32.2. The van der Waals surface area contributed by atoms with Crippen molar-refractivity contribution in [3.8, 4) is 0 Å². The van der Waals surface area contributed by atoms with Crippen LogP contribution >= 0.6 is 0 Å². The van der Waals surface area contributed by atoms with Crippen molar-refractivity contribution in [2.45, 2.75) is 24.2 Å². The molecule has 1 atom stereocenters. The Hall–Kier alpha value is -2.25. The van der Waals surface area contributed by atoms with E-state index in [1.807, 2.05) is 24.3 Å². The first-order valence-electron chi connectivity index (χ1n) is 9.12. The first-order valence-corrected chi connectivity index (χ1v) is 10.6. The lowest BCUT2D eigenvalue weighted by molar-refractivity contribution is -0.123. The molecule has 2 aliphatic rings. The largest absolute Gasteiger partial charge is 0.312 e. The van der Waals surface area contributed by atoms with Gasteiger partial charge in [0.25, 0.3) is 0 Å². The quantitative estimate of drug-likeness (QED) is 0.812. The topological polar surface area (TPSA) is 57.7 Å². The molecule has 1 amide bonds. The van der Waals surface area contributed by atoms with Crippen LogP contribution in [0.5, 0.6) is 0 Å². The standard InChI is InChI=1S/C20H21FN2O3S/c21-17-7-9-18(10-8-17)27(25,26)22-12-3-5-16(14-22)20(24)23-13-11-15-4-1-2-6-19(15)23/h1-2,4,6-10,16H,3,5,11-14H2/t16-/m0/s1. The molecular formula is C20H21FN2O3S. The number of amides is 1. The van der Waals surface area contributed by atoms with Crippen LogP contribution in [0.15, 0.2) is 53.4 Å². The van der Waals surface area contributed by atoms with E-state index in [1.54, 1.807) is 4.90 Å². The predicted molar refractivity (Wildman–Crippen MR) is 100 cm³/mol. The molecule has 0 aromatic heterocycles. The summed E-state index contributed by atoms with van der Waals surface area (Å²) in [5.41, 5.74) is 2.08. The summed E-state index contributed by atoms with van der Waals surface area (Å²) in [6.07, 6.45) is 2.13. The van der Waals surface area contributed by atoms with Crippen LogP contribution in [0.3, 0.4) is 0 Å². The van der Waals surface area contributed by atoms with E-state index in [-0.39, 0.29) is 23.3 Å². The van der Waals surface area contributed by atoms with Gasteiger partial charge in [0.2, 0.25) is 15.9 Å². The molecule has 2 aromatic rings. The van der Waals surface area contributed by atoms with E-state index in [4.69, 9.17) is 0 Å². The fourth-order valence-corrected chi connectivity index (χ4v) is 5.43. The molecule has 1 fully saturated rings. The number of anilines is 1. The van der Waals surface area contributed by atoms with Crippen LogP contribution in [-0.2, 0) is 21.2 Å². The third-order valence-corrected chi connectivity index (χ3v) is 7.22. The molecule has 142 valence electrons. The molecular weight excluding hydrogens is 367 g/mol. The number of nitrogens with zero attached hydrogens (tertiary/aromatic N) is 2. The Kier molecular flexibility index (Phi) is 4.74. The fourth-order valence-electron chi connectivity index (χ4n) is 3.91. The first kappa shape index (κ1) is 18.1.